The van der Waals surface area contributed by atoms with Crippen LogP contribution in [0, 0.1) is 5.82 Å². The average Bonchev–Trinajstić information content (AvgIpc) is 2.73. The van der Waals surface area contributed by atoms with Gasteiger partial charge in [-0.2, -0.15) is 0 Å². The fourth-order valence-corrected chi connectivity index (χ4v) is 4.73. The van der Waals surface area contributed by atoms with E-state index < -0.39 is 27.3 Å². The zero-order chi connectivity index (χ0) is 19.4. The van der Waals surface area contributed by atoms with Crippen LogP contribution in [0.3, 0.4) is 0 Å². The van der Waals surface area contributed by atoms with E-state index in [0.717, 1.165) is 5.56 Å². The first-order valence-corrected chi connectivity index (χ1v) is 9.55. The summed E-state index contributed by atoms with van der Waals surface area (Å²) in [5, 5.41) is 9.09. The van der Waals surface area contributed by atoms with Crippen LogP contribution in [-0.4, -0.2) is 40.4 Å². The van der Waals surface area contributed by atoms with Gasteiger partial charge in [-0.25, -0.2) is 9.87 Å². The molecule has 8 heteroatoms. The van der Waals surface area contributed by atoms with Crippen molar-refractivity contribution in [2.75, 3.05) is 20.3 Å². The predicted molar refractivity (Wildman–Crippen MR) is 97.5 cm³/mol. The lowest BCUT2D eigenvalue weighted by atomic mass is 9.98. The summed E-state index contributed by atoms with van der Waals surface area (Å²) in [6.07, 6.45) is 0.495. The number of hydrogen-bond donors (Lipinski definition) is 2. The van der Waals surface area contributed by atoms with Crippen LogP contribution in [-0.2, 0) is 20.3 Å². The van der Waals surface area contributed by atoms with E-state index in [4.69, 9.17) is 14.7 Å². The molecule has 1 aliphatic rings. The van der Waals surface area contributed by atoms with Crippen LogP contribution in [0.4, 0.5) is 4.39 Å². The summed E-state index contributed by atoms with van der Waals surface area (Å²) < 4.78 is 36.0. The van der Waals surface area contributed by atoms with Crippen LogP contribution in [0.5, 0.6) is 5.75 Å². The number of hydroxylamine groups is 1. The van der Waals surface area contributed by atoms with E-state index in [2.05, 4.69) is 0 Å². The average molecular weight is 393 g/mol. The van der Waals surface area contributed by atoms with Gasteiger partial charge in [0.1, 0.15) is 4.75 Å². The van der Waals surface area contributed by atoms with Crippen LogP contribution in [0.1, 0.15) is 12.8 Å². The van der Waals surface area contributed by atoms with Crippen LogP contribution >= 0.6 is 0 Å². The van der Waals surface area contributed by atoms with Gasteiger partial charge >= 0.3 is 0 Å². The molecule has 27 heavy (non-hydrogen) atoms. The molecule has 2 aromatic carbocycles. The maximum Gasteiger partial charge on any atom is 0.262 e. The number of halogens is 1. The number of rotatable bonds is 5. The van der Waals surface area contributed by atoms with Gasteiger partial charge in [0.15, 0.2) is 11.6 Å². The van der Waals surface area contributed by atoms with Crippen molar-refractivity contribution in [1.29, 1.82) is 0 Å². The first kappa shape index (κ1) is 19.5. The van der Waals surface area contributed by atoms with Gasteiger partial charge < -0.3 is 9.47 Å². The number of benzene rings is 2. The summed E-state index contributed by atoms with van der Waals surface area (Å²) in [5.74, 6) is -0.984. The van der Waals surface area contributed by atoms with E-state index in [1.807, 2.05) is 0 Å². The fraction of sp³-hybridized carbons (Fsp3) is 0.316. The monoisotopic (exact) mass is 393 g/mol. The van der Waals surface area contributed by atoms with Crippen LogP contribution in [0.15, 0.2) is 47.4 Å². The fourth-order valence-electron chi connectivity index (χ4n) is 3.14. The molecule has 1 amide bonds. The molecule has 0 aliphatic carbocycles. The van der Waals surface area contributed by atoms with Crippen molar-refractivity contribution in [3.8, 4) is 16.9 Å². The highest BCUT2D eigenvalue weighted by molar-refractivity contribution is 7.87. The second kappa shape index (κ2) is 8.16. The molecule has 0 bridgehead atoms. The largest absolute Gasteiger partial charge is 0.494 e. The Hall–Kier alpha value is -2.29. The first-order chi connectivity index (χ1) is 13.0. The minimum atomic E-state index is -1.68. The Labute approximate surface area is 158 Å². The van der Waals surface area contributed by atoms with E-state index in [0.29, 0.717) is 23.7 Å². The molecule has 0 saturated carbocycles. The SMILES string of the molecule is COc1ccc(-c2ccc(S(=O)C3(C(=O)NO)CCOCC3)cc2)cc1F. The molecule has 144 valence electrons. The Morgan fingerprint density at radius 1 is 1.19 bits per heavy atom. The van der Waals surface area contributed by atoms with E-state index in [-0.39, 0.29) is 18.6 Å². The Kier molecular flexibility index (Phi) is 5.88. The topological polar surface area (TPSA) is 84.9 Å². The first-order valence-electron chi connectivity index (χ1n) is 8.40. The molecule has 1 heterocycles. The van der Waals surface area contributed by atoms with Crippen molar-refractivity contribution >= 4 is 16.7 Å². The molecule has 0 radical (unpaired) electrons. The maximum atomic E-state index is 13.9. The third-order valence-corrected chi connectivity index (χ3v) is 6.73. The van der Waals surface area contributed by atoms with Gasteiger partial charge in [0.25, 0.3) is 5.91 Å². The van der Waals surface area contributed by atoms with Gasteiger partial charge in [0.2, 0.25) is 0 Å². The summed E-state index contributed by atoms with van der Waals surface area (Å²) in [5.41, 5.74) is 3.03. The van der Waals surface area contributed by atoms with Crippen molar-refractivity contribution in [2.45, 2.75) is 22.5 Å². The lowest BCUT2D eigenvalue weighted by molar-refractivity contribution is -0.134. The number of carbonyl (C=O) groups excluding carboxylic acids is 1. The second-order valence-electron chi connectivity index (χ2n) is 6.19. The number of nitrogens with one attached hydrogen (secondary N) is 1. The summed E-state index contributed by atoms with van der Waals surface area (Å²) in [4.78, 5) is 12.7. The van der Waals surface area contributed by atoms with Gasteiger partial charge in [0.05, 0.1) is 17.9 Å². The summed E-state index contributed by atoms with van der Waals surface area (Å²) in [7, 11) is -0.279. The minimum absolute atomic E-state index is 0.160. The number of hydrogen-bond acceptors (Lipinski definition) is 5. The lowest BCUT2D eigenvalue weighted by Gasteiger charge is -2.33. The van der Waals surface area contributed by atoms with E-state index in [1.165, 1.54) is 13.2 Å². The highest BCUT2D eigenvalue weighted by atomic mass is 32.2. The third kappa shape index (κ3) is 3.73. The molecule has 2 N–H and O–H groups in total. The zero-order valence-corrected chi connectivity index (χ0v) is 15.6. The van der Waals surface area contributed by atoms with E-state index >= 15 is 0 Å². The normalized spacial score (nSPS) is 17.1. The molecular formula is C19H20FNO5S. The third-order valence-electron chi connectivity index (χ3n) is 4.72. The molecule has 1 atom stereocenters. The summed E-state index contributed by atoms with van der Waals surface area (Å²) in [6, 6.07) is 11.4. The molecule has 3 rings (SSSR count). The van der Waals surface area contributed by atoms with E-state index in [9.17, 15) is 13.4 Å². The molecule has 1 aliphatic heterocycles. The van der Waals surface area contributed by atoms with Gasteiger partial charge in [-0.1, -0.05) is 18.2 Å². The van der Waals surface area contributed by atoms with Gasteiger partial charge in [-0.05, 0) is 48.2 Å². The van der Waals surface area contributed by atoms with E-state index in [1.54, 1.807) is 41.9 Å². The van der Waals surface area contributed by atoms with Crippen molar-refractivity contribution in [1.82, 2.24) is 5.48 Å². The molecule has 6 nitrogen and oxygen atoms in total. The Morgan fingerprint density at radius 2 is 1.81 bits per heavy atom. The van der Waals surface area contributed by atoms with Crippen LogP contribution < -0.4 is 10.2 Å². The standard InChI is InChI=1S/C19H20FNO5S/c1-25-17-7-4-14(12-16(17)20)13-2-5-15(6-3-13)27(24)19(18(22)21-23)8-10-26-11-9-19/h2-7,12,23H,8-11H2,1H3,(H,21,22). The Bertz CT molecular complexity index is 850. The minimum Gasteiger partial charge on any atom is -0.494 e. The predicted octanol–water partition coefficient (Wildman–Crippen LogP) is 2.66. The number of methoxy groups -OCH3 is 1. The number of amides is 1. The van der Waals surface area contributed by atoms with Gasteiger partial charge in [-0.15, -0.1) is 0 Å². The molecule has 1 unspecified atom stereocenters. The van der Waals surface area contributed by atoms with Gasteiger partial charge in [0, 0.05) is 18.1 Å². The van der Waals surface area contributed by atoms with Crippen LogP contribution in [0.25, 0.3) is 11.1 Å². The van der Waals surface area contributed by atoms with Crippen LogP contribution in [0.2, 0.25) is 0 Å². The molecule has 1 saturated heterocycles. The van der Waals surface area contributed by atoms with Crippen molar-refractivity contribution in [3.63, 3.8) is 0 Å². The summed E-state index contributed by atoms with van der Waals surface area (Å²) in [6.45, 7) is 0.588. The smallest absolute Gasteiger partial charge is 0.262 e. The maximum absolute atomic E-state index is 13.9. The number of ether oxygens (including phenoxy) is 2. The van der Waals surface area contributed by atoms with Crippen molar-refractivity contribution in [2.24, 2.45) is 0 Å². The van der Waals surface area contributed by atoms with Crippen molar-refractivity contribution < 1.29 is 28.1 Å². The Balaban J connectivity index is 1.89. The lowest BCUT2D eigenvalue weighted by Crippen LogP contribution is -2.52. The molecule has 1 fully saturated rings. The zero-order valence-electron chi connectivity index (χ0n) is 14.7. The molecule has 2 aromatic rings. The van der Waals surface area contributed by atoms with Crippen molar-refractivity contribution in [3.05, 3.63) is 48.3 Å². The summed E-state index contributed by atoms with van der Waals surface area (Å²) >= 11 is 0. The number of carbonyl (C=O) groups is 1. The quantitative estimate of drug-likeness (QED) is 0.603. The molecule has 0 aromatic heterocycles. The second-order valence-corrected chi connectivity index (χ2v) is 7.98. The Morgan fingerprint density at radius 3 is 2.37 bits per heavy atom. The highest BCUT2D eigenvalue weighted by Gasteiger charge is 2.46. The molecule has 0 spiro atoms. The molecular weight excluding hydrogens is 373 g/mol. The highest BCUT2D eigenvalue weighted by Crippen LogP contribution is 2.33. The van der Waals surface area contributed by atoms with Gasteiger partial charge in [-0.3, -0.25) is 14.2 Å².